The molecule has 1 aliphatic rings. The summed E-state index contributed by atoms with van der Waals surface area (Å²) in [6.45, 7) is 0. The van der Waals surface area contributed by atoms with Crippen LogP contribution in [-0.2, 0) is 0 Å². The van der Waals surface area contributed by atoms with Crippen LogP contribution in [0.5, 0.6) is 0 Å². The van der Waals surface area contributed by atoms with E-state index >= 15 is 0 Å². The molecule has 2 heterocycles. The molecule has 0 bridgehead atoms. The van der Waals surface area contributed by atoms with Gasteiger partial charge >= 0.3 is 5.69 Å². The molecule has 6 rings (SSSR count). The molecule has 4 aromatic carbocycles. The second-order valence-electron chi connectivity index (χ2n) is 8.44. The molecule has 8 heteroatoms. The van der Waals surface area contributed by atoms with Crippen molar-refractivity contribution in [2.45, 2.75) is 5.15 Å². The molecule has 0 saturated heterocycles. The molecule has 37 heavy (non-hydrogen) atoms. The fourth-order valence-electron chi connectivity index (χ4n) is 4.58. The van der Waals surface area contributed by atoms with Crippen LogP contribution in [0.2, 0.25) is 0 Å². The van der Waals surface area contributed by atoms with E-state index in [0.717, 1.165) is 21.2 Å². The molecule has 0 amide bonds. The number of nitrogens with zero attached hydrogens (tertiary/aromatic N) is 2. The maximum Gasteiger partial charge on any atom is 0.327 e. The van der Waals surface area contributed by atoms with E-state index < -0.39 is 32.2 Å². The van der Waals surface area contributed by atoms with Crippen LogP contribution in [0.15, 0.2) is 141 Å². The Hall–Kier alpha value is -3.98. The lowest BCUT2D eigenvalue weighted by molar-refractivity contribution is 0.876. The zero-order chi connectivity index (χ0) is 25.2. The monoisotopic (exact) mass is 520 g/mol. The predicted molar refractivity (Wildman–Crippen MR) is 151 cm³/mol. The minimum absolute atomic E-state index is 0.165. The minimum atomic E-state index is -1.27. The average molecular weight is 520 g/mol. The Kier molecular flexibility index (Phi) is 6.21. The molecular formula is C29H22N4O2P2. The second-order valence-corrected chi connectivity index (χ2v) is 13.4. The standard InChI is InChI=1S/C29H22N4O2P2/c34-27-25-26(30-28(35)31-27)33-29(32-25,36(21-13-5-1-6-14-21)22-15-7-2-8-16-22)37(23-17-9-3-10-18-23)24-19-11-4-12-20-24/h1-20H,(H2,30,31,33,34,35). The Bertz CT molecular complexity index is 1610. The largest absolute Gasteiger partial charge is 0.327 e. The van der Waals surface area contributed by atoms with Gasteiger partial charge in [0.1, 0.15) is 0 Å². The van der Waals surface area contributed by atoms with Gasteiger partial charge in [0.25, 0.3) is 5.56 Å². The molecule has 0 fully saturated rings. The van der Waals surface area contributed by atoms with Crippen LogP contribution in [0.1, 0.15) is 0 Å². The molecule has 2 N–H and O–H groups in total. The first kappa shape index (κ1) is 23.4. The van der Waals surface area contributed by atoms with E-state index in [1.165, 1.54) is 0 Å². The summed E-state index contributed by atoms with van der Waals surface area (Å²) in [7, 11) is -2.54. The van der Waals surface area contributed by atoms with Crippen LogP contribution >= 0.6 is 15.8 Å². The number of nitrogens with one attached hydrogen (secondary N) is 2. The highest BCUT2D eigenvalue weighted by Gasteiger charge is 2.50. The predicted octanol–water partition coefficient (Wildman–Crippen LogP) is 2.19. The van der Waals surface area contributed by atoms with Gasteiger partial charge in [0.2, 0.25) is 5.15 Å². The van der Waals surface area contributed by atoms with Crippen molar-refractivity contribution in [3.05, 3.63) is 153 Å². The summed E-state index contributed by atoms with van der Waals surface area (Å²) >= 11 is 0. The summed E-state index contributed by atoms with van der Waals surface area (Å²) < 4.78 is 0. The van der Waals surface area contributed by atoms with Crippen molar-refractivity contribution < 1.29 is 0 Å². The number of benzene rings is 4. The summed E-state index contributed by atoms with van der Waals surface area (Å²) in [4.78, 5) is 40.8. The molecule has 0 atom stereocenters. The first-order chi connectivity index (χ1) is 18.2. The van der Waals surface area contributed by atoms with Crippen LogP contribution < -0.4 is 43.3 Å². The van der Waals surface area contributed by atoms with Crippen molar-refractivity contribution in [2.75, 3.05) is 0 Å². The van der Waals surface area contributed by atoms with Gasteiger partial charge in [0.15, 0.2) is 10.8 Å². The molecule has 0 radical (unpaired) electrons. The van der Waals surface area contributed by atoms with Gasteiger partial charge in [0.05, 0.1) is 0 Å². The van der Waals surface area contributed by atoms with Gasteiger partial charge in [-0.1, -0.05) is 121 Å². The average Bonchev–Trinajstić information content (AvgIpc) is 3.31. The molecule has 1 aromatic heterocycles. The lowest BCUT2D eigenvalue weighted by Crippen LogP contribution is -2.46. The number of fused-ring (bicyclic) bond motifs is 1. The Morgan fingerprint density at radius 2 is 0.892 bits per heavy atom. The molecule has 6 nitrogen and oxygen atoms in total. The smallest absolute Gasteiger partial charge is 0.290 e. The third-order valence-corrected chi connectivity index (χ3v) is 12.1. The van der Waals surface area contributed by atoms with Gasteiger partial charge < -0.3 is 0 Å². The van der Waals surface area contributed by atoms with E-state index in [1.54, 1.807) is 0 Å². The van der Waals surface area contributed by atoms with E-state index in [0.29, 0.717) is 0 Å². The van der Waals surface area contributed by atoms with Crippen LogP contribution in [0, 0.1) is 0 Å². The SMILES string of the molecule is O=c1[nH]c(=O)c2c([nH]1)=NC(P(c1ccccc1)c1ccccc1)(P(c1ccccc1)c1ccccc1)N=2. The van der Waals surface area contributed by atoms with Crippen molar-refractivity contribution in [1.29, 1.82) is 0 Å². The van der Waals surface area contributed by atoms with E-state index in [4.69, 9.17) is 9.98 Å². The van der Waals surface area contributed by atoms with Gasteiger partial charge in [0, 0.05) is 15.8 Å². The molecule has 0 aliphatic carbocycles. The third-order valence-electron chi connectivity index (χ3n) is 6.08. The number of H-pyrrole nitrogens is 2. The Labute approximate surface area is 215 Å². The molecule has 0 saturated carbocycles. The van der Waals surface area contributed by atoms with Crippen LogP contribution in [0.25, 0.3) is 0 Å². The lowest BCUT2D eigenvalue weighted by atomic mass is 10.4. The van der Waals surface area contributed by atoms with E-state index in [2.05, 4.69) is 58.5 Å². The zero-order valence-corrected chi connectivity index (χ0v) is 21.4. The summed E-state index contributed by atoms with van der Waals surface area (Å²) in [6, 6.07) is 40.9. The minimum Gasteiger partial charge on any atom is -0.290 e. The maximum atomic E-state index is 13.0. The lowest BCUT2D eigenvalue weighted by Gasteiger charge is -2.40. The van der Waals surface area contributed by atoms with Crippen LogP contribution in [0.4, 0.5) is 0 Å². The molecular weight excluding hydrogens is 498 g/mol. The fraction of sp³-hybridized carbons (Fsp3) is 0.0345. The number of aromatic nitrogens is 2. The number of hydrogen-bond acceptors (Lipinski definition) is 4. The first-order valence-corrected chi connectivity index (χ1v) is 14.5. The first-order valence-electron chi connectivity index (χ1n) is 11.8. The molecule has 1 aliphatic heterocycles. The Morgan fingerprint density at radius 1 is 0.514 bits per heavy atom. The van der Waals surface area contributed by atoms with Gasteiger partial charge in [-0.25, -0.2) is 14.8 Å². The van der Waals surface area contributed by atoms with Crippen molar-refractivity contribution in [3.63, 3.8) is 0 Å². The quantitative estimate of drug-likeness (QED) is 0.336. The van der Waals surface area contributed by atoms with Gasteiger partial charge in [-0.3, -0.25) is 14.8 Å². The van der Waals surface area contributed by atoms with Crippen molar-refractivity contribution in [2.24, 2.45) is 9.98 Å². The summed E-state index contributed by atoms with van der Waals surface area (Å²) in [5, 5.41) is 3.43. The topological polar surface area (TPSA) is 90.4 Å². The van der Waals surface area contributed by atoms with E-state index in [1.807, 2.05) is 72.8 Å². The molecule has 0 unspecified atom stereocenters. The number of aromatic amines is 2. The van der Waals surface area contributed by atoms with Crippen molar-refractivity contribution in [3.8, 4) is 0 Å². The zero-order valence-electron chi connectivity index (χ0n) is 19.7. The van der Waals surface area contributed by atoms with E-state index in [9.17, 15) is 9.59 Å². The Morgan fingerprint density at radius 3 is 1.27 bits per heavy atom. The summed E-state index contributed by atoms with van der Waals surface area (Å²) in [6.07, 6.45) is 0. The highest BCUT2D eigenvalue weighted by Crippen LogP contribution is 2.66. The molecule has 0 spiro atoms. The molecule has 180 valence electrons. The van der Waals surface area contributed by atoms with Crippen molar-refractivity contribution >= 4 is 37.1 Å². The maximum absolute atomic E-state index is 13.0. The summed E-state index contributed by atoms with van der Waals surface area (Å²) in [5.74, 6) is 0. The highest BCUT2D eigenvalue weighted by atomic mass is 31.2. The van der Waals surface area contributed by atoms with Crippen LogP contribution in [0.3, 0.4) is 0 Å². The fourth-order valence-corrected chi connectivity index (χ4v) is 11.4. The van der Waals surface area contributed by atoms with Gasteiger partial charge in [-0.15, -0.1) is 0 Å². The van der Waals surface area contributed by atoms with Crippen LogP contribution in [-0.4, -0.2) is 15.1 Å². The van der Waals surface area contributed by atoms with Gasteiger partial charge in [-0.2, -0.15) is 0 Å². The normalized spacial score (nSPS) is 13.7. The third kappa shape index (κ3) is 4.29. The highest BCUT2D eigenvalue weighted by molar-refractivity contribution is 7.90. The Balaban J connectivity index is 1.76. The van der Waals surface area contributed by atoms with Gasteiger partial charge in [-0.05, 0) is 21.2 Å². The van der Waals surface area contributed by atoms with E-state index in [-0.39, 0.29) is 10.8 Å². The number of hydrogen-bond donors (Lipinski definition) is 2. The summed E-state index contributed by atoms with van der Waals surface area (Å²) in [5.41, 5.74) is -0.894. The number of rotatable bonds is 6. The van der Waals surface area contributed by atoms with Crippen molar-refractivity contribution in [1.82, 2.24) is 9.97 Å². The molecule has 5 aromatic rings. The second kappa shape index (κ2) is 9.82.